The molecule has 0 saturated heterocycles. The lowest BCUT2D eigenvalue weighted by Crippen LogP contribution is -2.08. The van der Waals surface area contributed by atoms with Gasteiger partial charge in [-0.15, -0.1) is 0 Å². The zero-order valence-corrected chi connectivity index (χ0v) is 5.52. The molecule has 0 fully saturated rings. The van der Waals surface area contributed by atoms with Crippen molar-refractivity contribution in [3.05, 3.63) is 18.0 Å². The molecule has 2 nitrogen and oxygen atoms in total. The van der Waals surface area contributed by atoms with E-state index in [1.54, 1.807) is 0 Å². The molecule has 0 aliphatic carbocycles. The fourth-order valence-electron chi connectivity index (χ4n) is 0.598. The Bertz CT molecular complexity index is 263. The van der Waals surface area contributed by atoms with E-state index in [1.165, 1.54) is 0 Å². The molecular weight excluding hydrogens is 183 g/mol. The average molecular weight is 186 g/mol. The first kappa shape index (κ1) is 8.95. The van der Waals surface area contributed by atoms with Gasteiger partial charge in [0.15, 0.2) is 5.69 Å². The van der Waals surface area contributed by atoms with Crippen molar-refractivity contribution in [3.8, 4) is 0 Å². The highest BCUT2D eigenvalue weighted by Crippen LogP contribution is 2.27. The molecule has 0 aliphatic rings. The van der Waals surface area contributed by atoms with Gasteiger partial charge in [-0.1, -0.05) is 0 Å². The van der Waals surface area contributed by atoms with Gasteiger partial charge in [0.1, 0.15) is 0 Å². The van der Waals surface area contributed by atoms with E-state index in [2.05, 4.69) is 5.10 Å². The van der Waals surface area contributed by atoms with Gasteiger partial charge in [0, 0.05) is 6.20 Å². The number of alkyl halides is 5. The molecular formula is C5H3F5N2. The molecule has 7 heteroatoms. The van der Waals surface area contributed by atoms with Crippen LogP contribution in [0.15, 0.2) is 12.3 Å². The summed E-state index contributed by atoms with van der Waals surface area (Å²) in [4.78, 5) is 0. The Kier molecular flexibility index (Phi) is 2.03. The number of hydrogen-bond acceptors (Lipinski definition) is 1. The molecule has 12 heavy (non-hydrogen) atoms. The zero-order chi connectivity index (χ0) is 9.35. The van der Waals surface area contributed by atoms with Gasteiger partial charge in [-0.25, -0.2) is 4.68 Å². The standard InChI is InChI=1S/C5H3F5N2/c6-4(7)12-2-1-3(11-12)5(8,9)10/h1-2,4H. The van der Waals surface area contributed by atoms with E-state index in [9.17, 15) is 22.0 Å². The molecule has 0 bridgehead atoms. The van der Waals surface area contributed by atoms with Gasteiger partial charge in [-0.05, 0) is 6.07 Å². The fraction of sp³-hybridized carbons (Fsp3) is 0.400. The highest BCUT2D eigenvalue weighted by atomic mass is 19.4. The summed E-state index contributed by atoms with van der Waals surface area (Å²) in [5.74, 6) is 0. The van der Waals surface area contributed by atoms with Crippen molar-refractivity contribution in [2.75, 3.05) is 0 Å². The van der Waals surface area contributed by atoms with Crippen LogP contribution in [0.1, 0.15) is 12.2 Å². The number of hydrogen-bond donors (Lipinski definition) is 0. The lowest BCUT2D eigenvalue weighted by molar-refractivity contribution is -0.142. The molecule has 0 saturated carbocycles. The summed E-state index contributed by atoms with van der Waals surface area (Å²) in [6.07, 6.45) is -4.09. The van der Waals surface area contributed by atoms with E-state index in [0.717, 1.165) is 0 Å². The van der Waals surface area contributed by atoms with Crippen molar-refractivity contribution in [2.45, 2.75) is 12.7 Å². The van der Waals surface area contributed by atoms with E-state index in [4.69, 9.17) is 0 Å². The summed E-state index contributed by atoms with van der Waals surface area (Å²) in [6, 6.07) is 0.492. The maximum Gasteiger partial charge on any atom is 0.435 e. The molecule has 68 valence electrons. The molecule has 0 aliphatic heterocycles. The van der Waals surface area contributed by atoms with E-state index >= 15 is 0 Å². The van der Waals surface area contributed by atoms with Crippen LogP contribution in [-0.4, -0.2) is 9.78 Å². The predicted molar refractivity (Wildman–Crippen MR) is 28.5 cm³/mol. The first-order valence-electron chi connectivity index (χ1n) is 2.82. The monoisotopic (exact) mass is 186 g/mol. The van der Waals surface area contributed by atoms with Crippen LogP contribution in [0.5, 0.6) is 0 Å². The number of halogens is 5. The second-order valence-corrected chi connectivity index (χ2v) is 1.96. The Hall–Kier alpha value is -1.14. The molecule has 1 heterocycles. The molecule has 0 spiro atoms. The van der Waals surface area contributed by atoms with Crippen LogP contribution in [0.3, 0.4) is 0 Å². The second kappa shape index (κ2) is 2.72. The molecule has 0 N–H and O–H groups in total. The molecule has 0 atom stereocenters. The average Bonchev–Trinajstić information content (AvgIpc) is 2.30. The normalized spacial score (nSPS) is 12.5. The Balaban J connectivity index is 2.92. The lowest BCUT2D eigenvalue weighted by Gasteiger charge is -2.00. The van der Waals surface area contributed by atoms with Gasteiger partial charge in [0.2, 0.25) is 0 Å². The largest absolute Gasteiger partial charge is 0.435 e. The molecule has 0 aromatic carbocycles. The van der Waals surface area contributed by atoms with Gasteiger partial charge < -0.3 is 0 Å². The Morgan fingerprint density at radius 2 is 1.92 bits per heavy atom. The molecule has 1 rings (SSSR count). The third-order valence-electron chi connectivity index (χ3n) is 1.10. The van der Waals surface area contributed by atoms with Crippen molar-refractivity contribution >= 4 is 0 Å². The third-order valence-corrected chi connectivity index (χ3v) is 1.10. The van der Waals surface area contributed by atoms with Crippen molar-refractivity contribution in [1.29, 1.82) is 0 Å². The predicted octanol–water partition coefficient (Wildman–Crippen LogP) is 2.30. The van der Waals surface area contributed by atoms with Gasteiger partial charge in [0.05, 0.1) is 0 Å². The van der Waals surface area contributed by atoms with E-state index < -0.39 is 18.4 Å². The lowest BCUT2D eigenvalue weighted by atomic mass is 10.4. The minimum absolute atomic E-state index is 0.0528. The highest BCUT2D eigenvalue weighted by Gasteiger charge is 2.34. The fourth-order valence-corrected chi connectivity index (χ4v) is 0.598. The van der Waals surface area contributed by atoms with Gasteiger partial charge >= 0.3 is 12.7 Å². The number of nitrogens with zero attached hydrogens (tertiary/aromatic N) is 2. The molecule has 0 radical (unpaired) electrons. The minimum Gasteiger partial charge on any atom is -0.211 e. The molecule has 1 aromatic rings. The first-order chi connectivity index (χ1) is 5.41. The quantitative estimate of drug-likeness (QED) is 0.615. The Labute approximate surface area is 63.6 Å². The summed E-state index contributed by atoms with van der Waals surface area (Å²) < 4.78 is 58.6. The molecule has 0 amide bonds. The maximum atomic E-state index is 11.7. The topological polar surface area (TPSA) is 17.8 Å². The van der Waals surface area contributed by atoms with Crippen molar-refractivity contribution in [1.82, 2.24) is 9.78 Å². The summed E-state index contributed by atoms with van der Waals surface area (Å²) in [6.45, 7) is -3.04. The van der Waals surface area contributed by atoms with E-state index in [-0.39, 0.29) is 4.68 Å². The van der Waals surface area contributed by atoms with E-state index in [0.29, 0.717) is 12.3 Å². The number of rotatable bonds is 1. The van der Waals surface area contributed by atoms with Gasteiger partial charge in [-0.3, -0.25) is 0 Å². The summed E-state index contributed by atoms with van der Waals surface area (Å²) in [5, 5.41) is 2.62. The van der Waals surface area contributed by atoms with Crippen molar-refractivity contribution in [2.24, 2.45) is 0 Å². The van der Waals surface area contributed by atoms with Crippen LogP contribution in [0.25, 0.3) is 0 Å². The molecule has 0 unspecified atom stereocenters. The van der Waals surface area contributed by atoms with Crippen molar-refractivity contribution < 1.29 is 22.0 Å². The third kappa shape index (κ3) is 1.72. The second-order valence-electron chi connectivity index (χ2n) is 1.96. The summed E-state index contributed by atoms with van der Waals surface area (Å²) in [5.41, 5.74) is -1.32. The SMILES string of the molecule is FC(F)n1ccc(C(F)(F)F)n1. The molecule has 1 aromatic heterocycles. The number of aromatic nitrogens is 2. The van der Waals surface area contributed by atoms with Crippen molar-refractivity contribution in [3.63, 3.8) is 0 Å². The van der Waals surface area contributed by atoms with Crippen LogP contribution in [0, 0.1) is 0 Å². The van der Waals surface area contributed by atoms with Crippen LogP contribution >= 0.6 is 0 Å². The van der Waals surface area contributed by atoms with E-state index in [1.807, 2.05) is 0 Å². The minimum atomic E-state index is -4.67. The summed E-state index contributed by atoms with van der Waals surface area (Å²) >= 11 is 0. The van der Waals surface area contributed by atoms with Gasteiger partial charge in [0.25, 0.3) is 0 Å². The smallest absolute Gasteiger partial charge is 0.211 e. The van der Waals surface area contributed by atoms with Crippen LogP contribution in [-0.2, 0) is 6.18 Å². The van der Waals surface area contributed by atoms with Crippen LogP contribution in [0.2, 0.25) is 0 Å². The van der Waals surface area contributed by atoms with Crippen LogP contribution in [0.4, 0.5) is 22.0 Å². The van der Waals surface area contributed by atoms with Crippen LogP contribution < -0.4 is 0 Å². The van der Waals surface area contributed by atoms with Gasteiger partial charge in [-0.2, -0.15) is 27.1 Å². The Morgan fingerprint density at radius 3 is 2.17 bits per heavy atom. The zero-order valence-electron chi connectivity index (χ0n) is 5.52. The summed E-state index contributed by atoms with van der Waals surface area (Å²) in [7, 11) is 0. The first-order valence-corrected chi connectivity index (χ1v) is 2.82. The Morgan fingerprint density at radius 1 is 1.33 bits per heavy atom. The maximum absolute atomic E-state index is 11.7. The highest BCUT2D eigenvalue weighted by molar-refractivity contribution is 5.03.